The Labute approximate surface area is 76.9 Å². The van der Waals surface area contributed by atoms with E-state index in [4.69, 9.17) is 0 Å². The van der Waals surface area contributed by atoms with Crippen LogP contribution in [-0.2, 0) is 4.79 Å². The molecule has 0 spiro atoms. The topological polar surface area (TPSA) is 20.3 Å². The molecule has 4 heteroatoms. The van der Waals surface area contributed by atoms with Gasteiger partial charge in [-0.15, -0.1) is 0 Å². The number of halogens is 2. The number of hydrogen-bond donors (Lipinski definition) is 0. The Morgan fingerprint density at radius 3 is 2.38 bits per heavy atom. The summed E-state index contributed by atoms with van der Waals surface area (Å²) in [5, 5.41) is 0. The van der Waals surface area contributed by atoms with Crippen LogP contribution in [-0.4, -0.2) is 29.8 Å². The standard InChI is InChI=1S/C9H15F2NO/c1-6-4-9(3,8(10)11)5-12(6)7(2)13/h6,8H,4-5H2,1-3H3. The second kappa shape index (κ2) is 3.24. The molecular formula is C9H15F2NO. The minimum Gasteiger partial charge on any atom is -0.339 e. The van der Waals surface area contributed by atoms with Crippen molar-refractivity contribution in [2.75, 3.05) is 6.54 Å². The van der Waals surface area contributed by atoms with Gasteiger partial charge >= 0.3 is 0 Å². The third-order valence-corrected chi connectivity index (χ3v) is 2.76. The van der Waals surface area contributed by atoms with Crippen molar-refractivity contribution >= 4 is 5.91 Å². The zero-order valence-electron chi connectivity index (χ0n) is 8.18. The van der Waals surface area contributed by atoms with Gasteiger partial charge in [-0.25, -0.2) is 8.78 Å². The van der Waals surface area contributed by atoms with Gasteiger partial charge in [-0.2, -0.15) is 0 Å². The molecule has 0 aromatic carbocycles. The van der Waals surface area contributed by atoms with Crippen LogP contribution in [0.4, 0.5) is 8.78 Å². The molecule has 0 bridgehead atoms. The minimum atomic E-state index is -2.35. The van der Waals surface area contributed by atoms with E-state index in [0.29, 0.717) is 6.42 Å². The Balaban J connectivity index is 2.75. The maximum absolute atomic E-state index is 12.6. The highest BCUT2D eigenvalue weighted by molar-refractivity contribution is 5.74. The molecule has 0 saturated carbocycles. The molecule has 13 heavy (non-hydrogen) atoms. The van der Waals surface area contributed by atoms with Crippen molar-refractivity contribution in [3.63, 3.8) is 0 Å². The quantitative estimate of drug-likeness (QED) is 0.620. The van der Waals surface area contributed by atoms with E-state index in [9.17, 15) is 13.6 Å². The number of carbonyl (C=O) groups is 1. The number of likely N-dealkylation sites (tertiary alicyclic amines) is 1. The van der Waals surface area contributed by atoms with E-state index in [1.807, 2.05) is 6.92 Å². The fraction of sp³-hybridized carbons (Fsp3) is 0.889. The van der Waals surface area contributed by atoms with Gasteiger partial charge < -0.3 is 4.90 Å². The number of alkyl halides is 2. The van der Waals surface area contributed by atoms with Gasteiger partial charge in [0, 0.05) is 24.9 Å². The number of nitrogens with zero attached hydrogens (tertiary/aromatic N) is 1. The van der Waals surface area contributed by atoms with Crippen LogP contribution < -0.4 is 0 Å². The molecule has 0 aromatic heterocycles. The minimum absolute atomic E-state index is 0.0588. The molecule has 0 N–H and O–H groups in total. The highest BCUT2D eigenvalue weighted by Gasteiger charge is 2.45. The first-order valence-electron chi connectivity index (χ1n) is 4.42. The first kappa shape index (κ1) is 10.4. The zero-order chi connectivity index (χ0) is 10.2. The number of rotatable bonds is 1. The molecule has 0 radical (unpaired) electrons. The molecule has 1 fully saturated rings. The SMILES string of the molecule is CC(=O)N1CC(C)(C(F)F)CC1C. The highest BCUT2D eigenvalue weighted by Crippen LogP contribution is 2.39. The van der Waals surface area contributed by atoms with Crippen LogP contribution in [0.2, 0.25) is 0 Å². The summed E-state index contributed by atoms with van der Waals surface area (Å²) in [4.78, 5) is 12.6. The van der Waals surface area contributed by atoms with Gasteiger partial charge in [-0.3, -0.25) is 4.79 Å². The average Bonchev–Trinajstić information content (AvgIpc) is 2.28. The van der Waals surface area contributed by atoms with Crippen molar-refractivity contribution in [2.24, 2.45) is 5.41 Å². The summed E-state index contributed by atoms with van der Waals surface area (Å²) in [5.41, 5.74) is -1.01. The van der Waals surface area contributed by atoms with Gasteiger partial charge in [0.1, 0.15) is 0 Å². The summed E-state index contributed by atoms with van der Waals surface area (Å²) in [5.74, 6) is -0.114. The number of carbonyl (C=O) groups excluding carboxylic acids is 1. The van der Waals surface area contributed by atoms with E-state index in [1.165, 1.54) is 18.7 Å². The van der Waals surface area contributed by atoms with Crippen LogP contribution in [0, 0.1) is 5.41 Å². The molecule has 1 saturated heterocycles. The van der Waals surface area contributed by atoms with Gasteiger partial charge in [-0.1, -0.05) is 6.92 Å². The Morgan fingerprint density at radius 2 is 2.15 bits per heavy atom. The molecule has 1 aliphatic rings. The lowest BCUT2D eigenvalue weighted by atomic mass is 9.89. The van der Waals surface area contributed by atoms with Crippen LogP contribution in [0.1, 0.15) is 27.2 Å². The molecule has 76 valence electrons. The highest BCUT2D eigenvalue weighted by atomic mass is 19.3. The van der Waals surface area contributed by atoms with Crippen molar-refractivity contribution in [3.8, 4) is 0 Å². The maximum Gasteiger partial charge on any atom is 0.245 e. The van der Waals surface area contributed by atoms with Crippen LogP contribution >= 0.6 is 0 Å². The largest absolute Gasteiger partial charge is 0.339 e. The van der Waals surface area contributed by atoms with Crippen molar-refractivity contribution < 1.29 is 13.6 Å². The summed E-state index contributed by atoms with van der Waals surface area (Å²) >= 11 is 0. The van der Waals surface area contributed by atoms with E-state index in [2.05, 4.69) is 0 Å². The lowest BCUT2D eigenvalue weighted by Crippen LogP contribution is -2.34. The van der Waals surface area contributed by atoms with E-state index >= 15 is 0 Å². The van der Waals surface area contributed by atoms with Crippen LogP contribution in [0.15, 0.2) is 0 Å². The van der Waals surface area contributed by atoms with Crippen molar-refractivity contribution in [1.29, 1.82) is 0 Å². The Bertz CT molecular complexity index is 220. The Morgan fingerprint density at radius 1 is 1.62 bits per heavy atom. The summed E-state index contributed by atoms with van der Waals surface area (Å²) in [7, 11) is 0. The van der Waals surface area contributed by atoms with Gasteiger partial charge in [0.2, 0.25) is 12.3 Å². The third kappa shape index (κ3) is 1.81. The average molecular weight is 191 g/mol. The molecular weight excluding hydrogens is 176 g/mol. The van der Waals surface area contributed by atoms with Crippen LogP contribution in [0.5, 0.6) is 0 Å². The molecule has 1 amide bonds. The van der Waals surface area contributed by atoms with E-state index in [-0.39, 0.29) is 18.5 Å². The van der Waals surface area contributed by atoms with E-state index < -0.39 is 11.8 Å². The Hall–Kier alpha value is -0.670. The second-order valence-corrected chi connectivity index (χ2v) is 4.15. The van der Waals surface area contributed by atoms with Crippen LogP contribution in [0.25, 0.3) is 0 Å². The van der Waals surface area contributed by atoms with Crippen LogP contribution in [0.3, 0.4) is 0 Å². The van der Waals surface area contributed by atoms with Crippen molar-refractivity contribution in [3.05, 3.63) is 0 Å². The van der Waals surface area contributed by atoms with E-state index in [0.717, 1.165) is 0 Å². The molecule has 2 nitrogen and oxygen atoms in total. The van der Waals surface area contributed by atoms with Crippen molar-refractivity contribution in [2.45, 2.75) is 39.7 Å². The summed E-state index contributed by atoms with van der Waals surface area (Å²) in [6, 6.07) is -0.0588. The lowest BCUT2D eigenvalue weighted by molar-refractivity contribution is -0.130. The molecule has 2 atom stereocenters. The maximum atomic E-state index is 12.6. The Kier molecular flexibility index (Phi) is 2.59. The third-order valence-electron chi connectivity index (χ3n) is 2.76. The molecule has 0 aromatic rings. The summed E-state index contributed by atoms with van der Waals surface area (Å²) < 4.78 is 25.2. The zero-order valence-corrected chi connectivity index (χ0v) is 8.18. The van der Waals surface area contributed by atoms with Crippen molar-refractivity contribution in [1.82, 2.24) is 4.90 Å². The first-order chi connectivity index (χ1) is 5.87. The molecule has 1 heterocycles. The van der Waals surface area contributed by atoms with Gasteiger partial charge in [0.05, 0.1) is 0 Å². The number of amides is 1. The normalized spacial score (nSPS) is 34.3. The summed E-state index contributed by atoms with van der Waals surface area (Å²) in [6.45, 7) is 4.96. The van der Waals surface area contributed by atoms with Gasteiger partial charge in [-0.05, 0) is 13.3 Å². The lowest BCUT2D eigenvalue weighted by Gasteiger charge is -2.22. The molecule has 2 unspecified atom stereocenters. The smallest absolute Gasteiger partial charge is 0.245 e. The fourth-order valence-electron chi connectivity index (χ4n) is 1.97. The molecule has 1 rings (SSSR count). The predicted octanol–water partition coefficient (Wildman–Crippen LogP) is 1.90. The second-order valence-electron chi connectivity index (χ2n) is 4.15. The predicted molar refractivity (Wildman–Crippen MR) is 45.6 cm³/mol. The summed E-state index contributed by atoms with van der Waals surface area (Å²) in [6.07, 6.45) is -1.95. The number of hydrogen-bond acceptors (Lipinski definition) is 1. The molecule has 0 aliphatic carbocycles. The van der Waals surface area contributed by atoms with Gasteiger partial charge in [0.15, 0.2) is 0 Å². The van der Waals surface area contributed by atoms with E-state index in [1.54, 1.807) is 0 Å². The fourth-order valence-corrected chi connectivity index (χ4v) is 1.97. The molecule has 1 aliphatic heterocycles. The monoisotopic (exact) mass is 191 g/mol. The van der Waals surface area contributed by atoms with Gasteiger partial charge in [0.25, 0.3) is 0 Å². The first-order valence-corrected chi connectivity index (χ1v) is 4.42.